The van der Waals surface area contributed by atoms with Gasteiger partial charge in [-0.05, 0) is 92.7 Å². The van der Waals surface area contributed by atoms with Crippen molar-refractivity contribution in [2.75, 3.05) is 37.0 Å². The number of rotatable bonds is 8. The Labute approximate surface area is 283 Å². The van der Waals surface area contributed by atoms with E-state index in [-0.39, 0.29) is 56.9 Å². The average molecular weight is 727 g/mol. The van der Waals surface area contributed by atoms with Crippen LogP contribution >= 0.6 is 0 Å². The molecule has 2 aliphatic heterocycles. The first-order chi connectivity index (χ1) is 21.5. The van der Waals surface area contributed by atoms with E-state index in [0.717, 1.165) is 49.8 Å². The van der Waals surface area contributed by atoms with Crippen LogP contribution in [-0.2, 0) is 39.7 Å². The van der Waals surface area contributed by atoms with Crippen molar-refractivity contribution in [3.05, 3.63) is 78.6 Å². The van der Waals surface area contributed by atoms with E-state index in [9.17, 15) is 39.2 Å². The average Bonchev–Trinajstić information content (AvgIpc) is 3.56. The molecule has 2 atom stereocenters. The van der Waals surface area contributed by atoms with E-state index in [1.807, 2.05) is 13.8 Å². The number of nitrogens with zero attached hydrogens (tertiary/aromatic N) is 3. The lowest BCUT2D eigenvalue weighted by molar-refractivity contribution is -0.120. The van der Waals surface area contributed by atoms with Gasteiger partial charge in [-0.15, -0.1) is 0 Å². The molecule has 1 N–H and O–H groups in total. The number of carbonyl (C=O) groups excluding carboxylic acids is 2. The fourth-order valence-electron chi connectivity index (χ4n) is 4.91. The fraction of sp³-hybridized carbons (Fsp3) is 0.375. The van der Waals surface area contributed by atoms with E-state index < -0.39 is 35.9 Å². The Kier molecular flexibility index (Phi) is 13.2. The normalized spacial score (nSPS) is 18.2. The van der Waals surface area contributed by atoms with Crippen LogP contribution in [0.1, 0.15) is 41.5 Å². The molecule has 0 spiro atoms. The summed E-state index contributed by atoms with van der Waals surface area (Å²) in [4.78, 5) is 26.8. The third kappa shape index (κ3) is 8.29. The third-order valence-electron chi connectivity index (χ3n) is 7.91. The van der Waals surface area contributed by atoms with Gasteiger partial charge in [-0.25, -0.2) is 34.4 Å². The zero-order valence-electron chi connectivity index (χ0n) is 25.6. The maximum absolute atomic E-state index is 13.0. The second kappa shape index (κ2) is 15.7. The molecule has 0 aliphatic carbocycles. The highest BCUT2D eigenvalue weighted by Crippen LogP contribution is 2.29. The molecule has 2 heterocycles. The van der Waals surface area contributed by atoms with Gasteiger partial charge in [0.1, 0.15) is 5.82 Å². The molecule has 2 amide bonds. The van der Waals surface area contributed by atoms with E-state index in [4.69, 9.17) is 0 Å². The van der Waals surface area contributed by atoms with Gasteiger partial charge in [0, 0.05) is 43.3 Å². The molecule has 2 aliphatic rings. The highest BCUT2D eigenvalue weighted by Gasteiger charge is 2.34. The molecule has 12 nitrogen and oxygen atoms in total. The van der Waals surface area contributed by atoms with Crippen molar-refractivity contribution in [2.45, 2.75) is 56.2 Å². The quantitative estimate of drug-likeness (QED) is 0.357. The summed E-state index contributed by atoms with van der Waals surface area (Å²) in [5, 5.41) is 0. The molecule has 16 heteroatoms. The summed E-state index contributed by atoms with van der Waals surface area (Å²) in [5.74, 6) is -0.613. The molecule has 2 unspecified atom stereocenters. The molecule has 48 heavy (non-hydrogen) atoms. The Hall–Kier alpha value is -3.70. The van der Waals surface area contributed by atoms with Gasteiger partial charge in [-0.1, -0.05) is 32.4 Å². The molecule has 0 saturated carbocycles. The molecule has 3 aromatic rings. The minimum atomic E-state index is -4.39. The number of halogens is 1. The summed E-state index contributed by atoms with van der Waals surface area (Å²) in [7, 11) is -9.88. The summed E-state index contributed by atoms with van der Waals surface area (Å²) in [6, 6.07) is 15.7. The Morgan fingerprint density at radius 2 is 0.979 bits per heavy atom. The van der Waals surface area contributed by atoms with Gasteiger partial charge in [0.25, 0.3) is 20.0 Å². The van der Waals surface area contributed by atoms with E-state index in [0.29, 0.717) is 18.8 Å². The summed E-state index contributed by atoms with van der Waals surface area (Å²) in [5.41, 5.74) is 1.30. The minimum Gasteiger partial charge on any atom is -0.312 e. The van der Waals surface area contributed by atoms with Crippen LogP contribution in [0.4, 0.5) is 15.8 Å². The Morgan fingerprint density at radius 3 is 1.29 bits per heavy atom. The lowest BCUT2D eigenvalue weighted by atomic mass is 10.1. The molecule has 3 aromatic carbocycles. The highest BCUT2D eigenvalue weighted by molar-refractivity contribution is 8.04. The van der Waals surface area contributed by atoms with Crippen LogP contribution in [0.2, 0.25) is 0 Å². The first-order valence-corrected chi connectivity index (χ1v) is 18.6. The highest BCUT2D eigenvalue weighted by atomic mass is 32.3. The van der Waals surface area contributed by atoms with Crippen LogP contribution in [0.15, 0.2) is 87.5 Å². The number of hydrogen-bond acceptors (Lipinski definition) is 8. The molecule has 2 saturated heterocycles. The van der Waals surface area contributed by atoms with Crippen LogP contribution in [-0.4, -0.2) is 68.0 Å². The molecule has 0 radical (unpaired) electrons. The van der Waals surface area contributed by atoms with Gasteiger partial charge in [0.15, 0.2) is 0 Å². The third-order valence-corrected chi connectivity index (χ3v) is 13.6. The largest absolute Gasteiger partial charge is 0.312 e. The molecular formula is C32H43FN4O8S3. The van der Waals surface area contributed by atoms with Crippen LogP contribution in [0, 0.1) is 17.7 Å². The lowest BCUT2D eigenvalue weighted by Gasteiger charge is -2.19. The SMILES string of the molecule is C.C.CC1CCN(c2ccc(S(=O)(=O)N(C)S(=O)(=O)c3ccc(F)cc3)cc2)C1=O.CNS(=O)(=O)c1ccc(N2CCC(C)C2=O)cc1. The zero-order valence-corrected chi connectivity index (χ0v) is 28.1. The predicted molar refractivity (Wildman–Crippen MR) is 183 cm³/mol. The van der Waals surface area contributed by atoms with Crippen LogP contribution < -0.4 is 14.5 Å². The van der Waals surface area contributed by atoms with Crippen molar-refractivity contribution >= 4 is 53.3 Å². The monoisotopic (exact) mass is 726 g/mol. The number of amides is 2. The Bertz CT molecular complexity index is 1920. The van der Waals surface area contributed by atoms with Crippen LogP contribution in [0.25, 0.3) is 0 Å². The van der Waals surface area contributed by atoms with Crippen molar-refractivity contribution < 1.29 is 39.2 Å². The van der Waals surface area contributed by atoms with Crippen molar-refractivity contribution in [3.8, 4) is 0 Å². The molecule has 264 valence electrons. The Morgan fingerprint density at radius 1 is 0.646 bits per heavy atom. The maximum Gasteiger partial charge on any atom is 0.256 e. The van der Waals surface area contributed by atoms with Crippen LogP contribution in [0.5, 0.6) is 0 Å². The first-order valence-electron chi connectivity index (χ1n) is 14.3. The van der Waals surface area contributed by atoms with Gasteiger partial charge >= 0.3 is 0 Å². The number of sulfonamides is 3. The number of carbonyl (C=O) groups is 2. The van der Waals surface area contributed by atoms with Gasteiger partial charge in [0.2, 0.25) is 21.8 Å². The number of nitrogens with one attached hydrogen (secondary N) is 1. The van der Waals surface area contributed by atoms with E-state index in [1.54, 1.807) is 21.9 Å². The minimum absolute atomic E-state index is 0. The van der Waals surface area contributed by atoms with Crippen molar-refractivity contribution in [3.63, 3.8) is 0 Å². The van der Waals surface area contributed by atoms with E-state index in [2.05, 4.69) is 4.72 Å². The van der Waals surface area contributed by atoms with Gasteiger partial charge in [0.05, 0.1) is 14.7 Å². The number of anilines is 2. The molecule has 0 bridgehead atoms. The van der Waals surface area contributed by atoms with Gasteiger partial charge in [-0.3, -0.25) is 9.59 Å². The number of hydrogen-bond donors (Lipinski definition) is 1. The molecular weight excluding hydrogens is 684 g/mol. The van der Waals surface area contributed by atoms with Crippen molar-refractivity contribution in [2.24, 2.45) is 11.8 Å². The summed E-state index contributed by atoms with van der Waals surface area (Å²) >= 11 is 0. The zero-order chi connectivity index (χ0) is 34.0. The molecule has 5 rings (SSSR count). The predicted octanol–water partition coefficient (Wildman–Crippen LogP) is 4.45. The smallest absolute Gasteiger partial charge is 0.256 e. The van der Waals surface area contributed by atoms with Crippen LogP contribution in [0.3, 0.4) is 0 Å². The second-order valence-electron chi connectivity index (χ2n) is 10.9. The van der Waals surface area contributed by atoms with Gasteiger partial charge < -0.3 is 9.80 Å². The Balaban J connectivity index is 0.000000348. The van der Waals surface area contributed by atoms with E-state index in [1.165, 1.54) is 43.4 Å². The first kappa shape index (κ1) is 40.5. The topological polar surface area (TPSA) is 158 Å². The number of benzene rings is 3. The van der Waals surface area contributed by atoms with Crippen molar-refractivity contribution in [1.29, 1.82) is 0 Å². The summed E-state index contributed by atoms with van der Waals surface area (Å²) in [6.45, 7) is 4.97. The molecule has 0 aromatic heterocycles. The standard InChI is InChI=1S/C18H19FN2O5S2.C12H16N2O3S.2CH4/c1-13-11-12-21(18(13)22)15-5-9-17(10-6-15)28(25,26)20(2)27(23,24)16-7-3-14(19)4-8-16;1-9-7-8-14(12(9)15)10-3-5-11(6-4-10)18(16,17)13-2;;/h3-10,13H,11-12H2,1-2H3;3-6,9,13H,7-8H2,1-2H3;2*1H4. The fourth-order valence-corrected chi connectivity index (χ4v) is 8.75. The maximum atomic E-state index is 13.0. The van der Waals surface area contributed by atoms with Crippen molar-refractivity contribution in [1.82, 2.24) is 8.43 Å². The lowest BCUT2D eigenvalue weighted by Crippen LogP contribution is -2.33. The summed E-state index contributed by atoms with van der Waals surface area (Å²) < 4.78 is 89.4. The van der Waals surface area contributed by atoms with Gasteiger partial charge in [-0.2, -0.15) is 0 Å². The van der Waals surface area contributed by atoms with E-state index >= 15 is 0 Å². The molecule has 2 fully saturated rings. The summed E-state index contributed by atoms with van der Waals surface area (Å²) in [6.07, 6.45) is 1.56. The second-order valence-corrected chi connectivity index (χ2v) is 17.0.